The summed E-state index contributed by atoms with van der Waals surface area (Å²) in [6.07, 6.45) is 13.5. The van der Waals surface area contributed by atoms with E-state index in [2.05, 4.69) is 19.8 Å². The summed E-state index contributed by atoms with van der Waals surface area (Å²) < 4.78 is 2.08. The van der Waals surface area contributed by atoms with Crippen LogP contribution in [0.5, 0.6) is 0 Å². The third-order valence-corrected chi connectivity index (χ3v) is 6.45. The molecule has 0 radical (unpaired) electrons. The van der Waals surface area contributed by atoms with Crippen LogP contribution in [0.25, 0.3) is 0 Å². The van der Waals surface area contributed by atoms with Gasteiger partial charge in [-0.3, -0.25) is 4.90 Å². The number of aromatic nitrogens is 2. The van der Waals surface area contributed by atoms with E-state index < -0.39 is 0 Å². The van der Waals surface area contributed by atoms with Gasteiger partial charge in [0, 0.05) is 57.7 Å². The molecule has 4 rings (SSSR count). The van der Waals surface area contributed by atoms with E-state index in [4.69, 9.17) is 0 Å². The molecule has 0 spiro atoms. The molecule has 2 amide bonds. The van der Waals surface area contributed by atoms with Gasteiger partial charge in [-0.25, -0.2) is 9.78 Å². The first-order chi connectivity index (χ1) is 12.3. The quantitative estimate of drug-likeness (QED) is 0.804. The van der Waals surface area contributed by atoms with Gasteiger partial charge in [0.05, 0.1) is 6.33 Å². The van der Waals surface area contributed by atoms with E-state index in [1.165, 1.54) is 25.7 Å². The number of hydrogen-bond acceptors (Lipinski definition) is 3. The molecule has 1 aromatic heterocycles. The van der Waals surface area contributed by atoms with E-state index in [0.29, 0.717) is 0 Å². The molecule has 2 bridgehead atoms. The number of rotatable bonds is 6. The van der Waals surface area contributed by atoms with Crippen LogP contribution in [0.4, 0.5) is 4.79 Å². The molecule has 3 aliphatic rings. The summed E-state index contributed by atoms with van der Waals surface area (Å²) in [6.45, 7) is 5.62. The highest BCUT2D eigenvalue weighted by atomic mass is 16.2. The van der Waals surface area contributed by atoms with Gasteiger partial charge in [0.1, 0.15) is 0 Å². The van der Waals surface area contributed by atoms with Crippen molar-refractivity contribution in [2.24, 2.45) is 11.8 Å². The van der Waals surface area contributed by atoms with Crippen LogP contribution in [-0.4, -0.2) is 64.1 Å². The Kier molecular flexibility index (Phi) is 5.25. The van der Waals surface area contributed by atoms with Gasteiger partial charge in [0.25, 0.3) is 0 Å². The van der Waals surface area contributed by atoms with E-state index in [9.17, 15) is 4.79 Å². The van der Waals surface area contributed by atoms with Gasteiger partial charge >= 0.3 is 6.03 Å². The van der Waals surface area contributed by atoms with E-state index in [1.807, 2.05) is 17.4 Å². The van der Waals surface area contributed by atoms with Gasteiger partial charge in [-0.1, -0.05) is 6.42 Å². The maximum atomic E-state index is 12.3. The molecule has 1 N–H and O–H groups in total. The Balaban J connectivity index is 1.11. The molecule has 2 aliphatic carbocycles. The van der Waals surface area contributed by atoms with Crippen molar-refractivity contribution in [3.05, 3.63) is 18.7 Å². The number of hydrogen-bond donors (Lipinski definition) is 1. The average Bonchev–Trinajstić information content (AvgIpc) is 3.39. The van der Waals surface area contributed by atoms with Crippen molar-refractivity contribution in [1.29, 1.82) is 0 Å². The number of urea groups is 1. The number of amides is 2. The monoisotopic (exact) mass is 345 g/mol. The lowest BCUT2D eigenvalue weighted by Gasteiger charge is -2.41. The van der Waals surface area contributed by atoms with E-state index >= 15 is 0 Å². The summed E-state index contributed by atoms with van der Waals surface area (Å²) in [7, 11) is 0. The smallest absolute Gasteiger partial charge is 0.317 e. The summed E-state index contributed by atoms with van der Waals surface area (Å²) in [5.74, 6) is 1.94. The molecule has 1 aliphatic heterocycles. The van der Waals surface area contributed by atoms with Gasteiger partial charge in [0.2, 0.25) is 0 Å². The number of carbonyl (C=O) groups excluding carboxylic acids is 1. The van der Waals surface area contributed by atoms with Crippen molar-refractivity contribution >= 4 is 6.03 Å². The normalized spacial score (nSPS) is 29.3. The second kappa shape index (κ2) is 7.77. The molecule has 6 heteroatoms. The van der Waals surface area contributed by atoms with Crippen LogP contribution >= 0.6 is 0 Å². The standard InChI is InChI=1S/C19H31N5O/c25-19(21-5-1-2-7-22-8-6-20-15-22)24-11-9-23(10-12-24)18-14-16-3-4-17(18)13-16/h6,8,15-18H,1-5,7,9-14H2,(H,21,25)/t16-,17-,18+/m0/s1. The number of unbranched alkanes of at least 4 members (excludes halogenated alkanes) is 1. The summed E-state index contributed by atoms with van der Waals surface area (Å²) in [6, 6.07) is 0.933. The van der Waals surface area contributed by atoms with Gasteiger partial charge in [0.15, 0.2) is 0 Å². The van der Waals surface area contributed by atoms with Crippen LogP contribution < -0.4 is 5.32 Å². The molecule has 6 nitrogen and oxygen atoms in total. The molecule has 0 aromatic carbocycles. The van der Waals surface area contributed by atoms with Crippen molar-refractivity contribution in [2.75, 3.05) is 32.7 Å². The van der Waals surface area contributed by atoms with E-state index in [1.54, 1.807) is 6.20 Å². The van der Waals surface area contributed by atoms with Crippen molar-refractivity contribution in [3.8, 4) is 0 Å². The molecule has 2 saturated carbocycles. The van der Waals surface area contributed by atoms with Crippen molar-refractivity contribution in [3.63, 3.8) is 0 Å². The van der Waals surface area contributed by atoms with E-state index in [0.717, 1.165) is 70.0 Å². The summed E-state index contributed by atoms with van der Waals surface area (Å²) in [4.78, 5) is 21.0. The predicted octanol–water partition coefficient (Wildman–Crippen LogP) is 2.18. The van der Waals surface area contributed by atoms with Crippen LogP contribution in [0.1, 0.15) is 38.5 Å². The fourth-order valence-electron chi connectivity index (χ4n) is 5.06. The van der Waals surface area contributed by atoms with Crippen molar-refractivity contribution < 1.29 is 4.79 Å². The topological polar surface area (TPSA) is 53.4 Å². The average molecular weight is 345 g/mol. The van der Waals surface area contributed by atoms with Crippen LogP contribution in [0.2, 0.25) is 0 Å². The molecule has 25 heavy (non-hydrogen) atoms. The Bertz CT molecular complexity index is 552. The van der Waals surface area contributed by atoms with E-state index in [-0.39, 0.29) is 6.03 Å². The van der Waals surface area contributed by atoms with Gasteiger partial charge in [-0.05, 0) is 43.9 Å². The highest BCUT2D eigenvalue weighted by Crippen LogP contribution is 2.46. The number of fused-ring (bicyclic) bond motifs is 2. The highest BCUT2D eigenvalue weighted by Gasteiger charge is 2.42. The van der Waals surface area contributed by atoms with Gasteiger partial charge in [-0.15, -0.1) is 0 Å². The second-order valence-corrected chi connectivity index (χ2v) is 8.00. The Morgan fingerprint density at radius 1 is 1.12 bits per heavy atom. The van der Waals surface area contributed by atoms with Crippen molar-refractivity contribution in [2.45, 2.75) is 51.1 Å². The Hall–Kier alpha value is -1.56. The third-order valence-electron chi connectivity index (χ3n) is 6.45. The number of nitrogens with zero attached hydrogens (tertiary/aromatic N) is 4. The first-order valence-corrected chi connectivity index (χ1v) is 10.0. The molecular weight excluding hydrogens is 314 g/mol. The molecule has 1 saturated heterocycles. The highest BCUT2D eigenvalue weighted by molar-refractivity contribution is 5.74. The lowest BCUT2D eigenvalue weighted by molar-refractivity contribution is 0.0827. The minimum absolute atomic E-state index is 0.121. The Morgan fingerprint density at radius 3 is 2.68 bits per heavy atom. The fraction of sp³-hybridized carbons (Fsp3) is 0.789. The molecule has 0 unspecified atom stereocenters. The van der Waals surface area contributed by atoms with Crippen LogP contribution in [0.15, 0.2) is 18.7 Å². The third kappa shape index (κ3) is 4.00. The summed E-state index contributed by atoms with van der Waals surface area (Å²) in [5.41, 5.74) is 0. The van der Waals surface area contributed by atoms with Gasteiger partial charge < -0.3 is 14.8 Å². The number of carbonyl (C=O) groups is 1. The maximum Gasteiger partial charge on any atom is 0.317 e. The predicted molar refractivity (Wildman–Crippen MR) is 97.2 cm³/mol. The first kappa shape index (κ1) is 16.9. The molecule has 3 atom stereocenters. The number of imidazole rings is 1. The molecule has 1 aromatic rings. The van der Waals surface area contributed by atoms with Crippen LogP contribution in [0.3, 0.4) is 0 Å². The molecule has 138 valence electrons. The Morgan fingerprint density at radius 2 is 2.00 bits per heavy atom. The fourth-order valence-corrected chi connectivity index (χ4v) is 5.06. The summed E-state index contributed by atoms with van der Waals surface area (Å²) >= 11 is 0. The number of piperazine rings is 1. The lowest BCUT2D eigenvalue weighted by Crippen LogP contribution is -2.55. The number of nitrogens with one attached hydrogen (secondary N) is 1. The SMILES string of the molecule is O=C(NCCCCn1ccnc1)N1CCN([C@@H]2C[C@H]3CC[C@H]2C3)CC1. The minimum Gasteiger partial charge on any atom is -0.338 e. The Labute approximate surface area is 150 Å². The molecule has 3 fully saturated rings. The zero-order valence-corrected chi connectivity index (χ0v) is 15.1. The summed E-state index contributed by atoms with van der Waals surface area (Å²) in [5, 5.41) is 3.09. The van der Waals surface area contributed by atoms with Gasteiger partial charge in [-0.2, -0.15) is 0 Å². The maximum absolute atomic E-state index is 12.3. The lowest BCUT2D eigenvalue weighted by atomic mass is 9.93. The number of aryl methyl sites for hydroxylation is 1. The van der Waals surface area contributed by atoms with Crippen LogP contribution in [0, 0.1) is 11.8 Å². The zero-order chi connectivity index (χ0) is 17.1. The van der Waals surface area contributed by atoms with Crippen LogP contribution in [-0.2, 0) is 6.54 Å². The zero-order valence-electron chi connectivity index (χ0n) is 15.1. The first-order valence-electron chi connectivity index (χ1n) is 10.0. The minimum atomic E-state index is 0.121. The van der Waals surface area contributed by atoms with Crippen molar-refractivity contribution in [1.82, 2.24) is 24.7 Å². The molecule has 2 heterocycles. The largest absolute Gasteiger partial charge is 0.338 e. The second-order valence-electron chi connectivity index (χ2n) is 8.00. The molecular formula is C19H31N5O.